The Morgan fingerprint density at radius 3 is 2.23 bits per heavy atom. The predicted octanol–water partition coefficient (Wildman–Crippen LogP) is 2.35. The van der Waals surface area contributed by atoms with E-state index in [1.807, 2.05) is 0 Å². The highest BCUT2D eigenvalue weighted by molar-refractivity contribution is 7.89. The van der Waals surface area contributed by atoms with E-state index >= 15 is 0 Å². The lowest BCUT2D eigenvalue weighted by atomic mass is 10.1. The summed E-state index contributed by atoms with van der Waals surface area (Å²) in [6.45, 7) is 0. The van der Waals surface area contributed by atoms with E-state index in [4.69, 9.17) is 4.74 Å². The summed E-state index contributed by atoms with van der Waals surface area (Å²) < 4.78 is 33.9. The molecule has 142 valence electrons. The Balaban J connectivity index is 1.92. The molecule has 1 aromatic rings. The lowest BCUT2D eigenvalue weighted by Crippen LogP contribution is -2.35. The van der Waals surface area contributed by atoms with E-state index in [1.54, 1.807) is 0 Å². The van der Waals surface area contributed by atoms with Crippen molar-refractivity contribution in [2.75, 3.05) is 12.0 Å². The predicted molar refractivity (Wildman–Crippen MR) is 96.5 cm³/mol. The third kappa shape index (κ3) is 3.91. The number of carbonyl (C=O) groups excluding carboxylic acids is 2. The van der Waals surface area contributed by atoms with Crippen LogP contribution in [0.4, 0.5) is 5.69 Å². The van der Waals surface area contributed by atoms with Crippen LogP contribution in [0.25, 0.3) is 0 Å². The van der Waals surface area contributed by atoms with Crippen molar-refractivity contribution in [3.63, 3.8) is 0 Å². The number of carbonyl (C=O) groups is 2. The molecule has 1 saturated carbocycles. The summed E-state index contributed by atoms with van der Waals surface area (Å²) in [7, 11) is -2.44. The third-order valence-corrected chi connectivity index (χ3v) is 6.47. The van der Waals surface area contributed by atoms with E-state index in [-0.39, 0.29) is 47.0 Å². The maximum atomic E-state index is 12.9. The normalized spacial score (nSPS) is 19.7. The molecule has 0 spiro atoms. The van der Waals surface area contributed by atoms with Gasteiger partial charge in [-0.15, -0.1) is 0 Å². The van der Waals surface area contributed by atoms with Crippen molar-refractivity contribution in [1.29, 1.82) is 0 Å². The van der Waals surface area contributed by atoms with E-state index < -0.39 is 10.0 Å². The first-order valence-corrected chi connectivity index (χ1v) is 10.5. The average molecular weight is 380 g/mol. The Labute approximate surface area is 153 Å². The van der Waals surface area contributed by atoms with E-state index in [0.717, 1.165) is 43.4 Å². The second-order valence-electron chi connectivity index (χ2n) is 6.77. The molecule has 1 aliphatic heterocycles. The van der Waals surface area contributed by atoms with Gasteiger partial charge in [0.2, 0.25) is 21.8 Å². The van der Waals surface area contributed by atoms with Crippen molar-refractivity contribution >= 4 is 27.5 Å². The van der Waals surface area contributed by atoms with Gasteiger partial charge in [0, 0.05) is 18.9 Å². The number of amides is 2. The fourth-order valence-electron chi connectivity index (χ4n) is 3.56. The second-order valence-corrected chi connectivity index (χ2v) is 8.45. The van der Waals surface area contributed by atoms with Gasteiger partial charge in [-0.3, -0.25) is 14.5 Å². The fourth-order valence-corrected chi connectivity index (χ4v) is 5.05. The molecule has 2 amide bonds. The molecule has 8 heteroatoms. The first kappa shape index (κ1) is 18.8. The topological polar surface area (TPSA) is 92.8 Å². The van der Waals surface area contributed by atoms with Crippen molar-refractivity contribution in [3.05, 3.63) is 18.2 Å². The van der Waals surface area contributed by atoms with Crippen LogP contribution in [0.5, 0.6) is 5.75 Å². The number of nitrogens with one attached hydrogen (secondary N) is 1. The molecule has 1 N–H and O–H groups in total. The minimum atomic E-state index is -3.83. The molecule has 3 rings (SSSR count). The van der Waals surface area contributed by atoms with Crippen molar-refractivity contribution in [2.24, 2.45) is 0 Å². The Hall–Kier alpha value is -1.93. The summed E-state index contributed by atoms with van der Waals surface area (Å²) >= 11 is 0. The van der Waals surface area contributed by atoms with Crippen LogP contribution >= 0.6 is 0 Å². The summed E-state index contributed by atoms with van der Waals surface area (Å²) in [6.07, 6.45) is 6.16. The number of ether oxygens (including phenoxy) is 1. The standard InChI is InChI=1S/C18H24N2O5S/c1-25-15-9-8-14(20-17(21)10-11-18(20)22)12-16(15)26(23,24)19-13-6-4-2-3-5-7-13/h8-9,12-13,19H,2-7,10-11H2,1H3. The molecule has 0 aromatic heterocycles. The third-order valence-electron chi connectivity index (χ3n) is 4.92. The fraction of sp³-hybridized carbons (Fsp3) is 0.556. The monoisotopic (exact) mass is 380 g/mol. The van der Waals surface area contributed by atoms with Crippen molar-refractivity contribution in [2.45, 2.75) is 62.3 Å². The first-order valence-electron chi connectivity index (χ1n) is 8.98. The Morgan fingerprint density at radius 2 is 1.65 bits per heavy atom. The lowest BCUT2D eigenvalue weighted by Gasteiger charge is -2.20. The summed E-state index contributed by atoms with van der Waals surface area (Å²) in [5, 5.41) is 0. The quantitative estimate of drug-likeness (QED) is 0.625. The molecule has 7 nitrogen and oxygen atoms in total. The van der Waals surface area contributed by atoms with Gasteiger partial charge in [0.1, 0.15) is 10.6 Å². The van der Waals surface area contributed by atoms with Crippen LogP contribution < -0.4 is 14.4 Å². The number of benzene rings is 1. The number of anilines is 1. The number of imide groups is 1. The minimum absolute atomic E-state index is 0.0470. The van der Waals surface area contributed by atoms with Gasteiger partial charge in [0.25, 0.3) is 0 Å². The highest BCUT2D eigenvalue weighted by atomic mass is 32.2. The zero-order valence-corrected chi connectivity index (χ0v) is 15.7. The SMILES string of the molecule is COc1ccc(N2C(=O)CCC2=O)cc1S(=O)(=O)NC1CCCCCC1. The molecule has 0 radical (unpaired) electrons. The lowest BCUT2D eigenvalue weighted by molar-refractivity contribution is -0.121. The van der Waals surface area contributed by atoms with Crippen LogP contribution in [-0.4, -0.2) is 33.4 Å². The maximum Gasteiger partial charge on any atom is 0.244 e. The summed E-state index contributed by atoms with van der Waals surface area (Å²) in [5.74, 6) is -0.450. The molecule has 1 saturated heterocycles. The van der Waals surface area contributed by atoms with Gasteiger partial charge < -0.3 is 4.74 Å². The number of methoxy groups -OCH3 is 1. The van der Waals surface area contributed by atoms with E-state index in [9.17, 15) is 18.0 Å². The molecular formula is C18H24N2O5S. The minimum Gasteiger partial charge on any atom is -0.495 e. The van der Waals surface area contributed by atoms with E-state index in [0.29, 0.717) is 0 Å². The zero-order chi connectivity index (χ0) is 18.7. The largest absolute Gasteiger partial charge is 0.495 e. The van der Waals surface area contributed by atoms with Crippen LogP contribution in [0.15, 0.2) is 23.1 Å². The zero-order valence-electron chi connectivity index (χ0n) is 14.9. The van der Waals surface area contributed by atoms with Gasteiger partial charge in [0.15, 0.2) is 0 Å². The molecule has 0 atom stereocenters. The molecule has 0 unspecified atom stereocenters. The molecular weight excluding hydrogens is 356 g/mol. The van der Waals surface area contributed by atoms with Gasteiger partial charge in [-0.2, -0.15) is 0 Å². The van der Waals surface area contributed by atoms with Crippen LogP contribution in [0, 0.1) is 0 Å². The molecule has 1 aliphatic carbocycles. The van der Waals surface area contributed by atoms with Crippen molar-refractivity contribution in [1.82, 2.24) is 4.72 Å². The average Bonchev–Trinajstić information content (AvgIpc) is 2.80. The van der Waals surface area contributed by atoms with Crippen LogP contribution in [0.2, 0.25) is 0 Å². The van der Waals surface area contributed by atoms with Crippen LogP contribution in [0.1, 0.15) is 51.4 Å². The summed E-state index contributed by atoms with van der Waals surface area (Å²) in [4.78, 5) is 24.9. The molecule has 26 heavy (non-hydrogen) atoms. The smallest absolute Gasteiger partial charge is 0.244 e. The Morgan fingerprint density at radius 1 is 1.04 bits per heavy atom. The van der Waals surface area contributed by atoms with E-state index in [2.05, 4.69) is 4.72 Å². The van der Waals surface area contributed by atoms with Gasteiger partial charge in [0.05, 0.1) is 12.8 Å². The number of sulfonamides is 1. The van der Waals surface area contributed by atoms with Gasteiger partial charge >= 0.3 is 0 Å². The van der Waals surface area contributed by atoms with Crippen LogP contribution in [-0.2, 0) is 19.6 Å². The van der Waals surface area contributed by atoms with E-state index in [1.165, 1.54) is 25.3 Å². The van der Waals surface area contributed by atoms with Crippen molar-refractivity contribution in [3.8, 4) is 5.75 Å². The van der Waals surface area contributed by atoms with Crippen LogP contribution in [0.3, 0.4) is 0 Å². The van der Waals surface area contributed by atoms with Gasteiger partial charge in [-0.05, 0) is 31.0 Å². The summed E-state index contributed by atoms with van der Waals surface area (Å²) in [6, 6.07) is 4.25. The molecule has 1 aromatic carbocycles. The molecule has 2 aliphatic rings. The van der Waals surface area contributed by atoms with Gasteiger partial charge in [-0.1, -0.05) is 25.7 Å². The Bertz CT molecular complexity index is 782. The Kier molecular flexibility index (Phi) is 5.62. The number of hydrogen-bond acceptors (Lipinski definition) is 5. The summed E-state index contributed by atoms with van der Waals surface area (Å²) in [5.41, 5.74) is 0.263. The number of hydrogen-bond donors (Lipinski definition) is 1. The van der Waals surface area contributed by atoms with Crippen molar-refractivity contribution < 1.29 is 22.7 Å². The first-order chi connectivity index (χ1) is 12.4. The second kappa shape index (κ2) is 7.75. The number of nitrogens with zero attached hydrogens (tertiary/aromatic N) is 1. The highest BCUT2D eigenvalue weighted by Crippen LogP contribution is 2.32. The molecule has 2 fully saturated rings. The maximum absolute atomic E-state index is 12.9. The van der Waals surface area contributed by atoms with Gasteiger partial charge in [-0.25, -0.2) is 13.1 Å². The molecule has 1 heterocycles. The number of rotatable bonds is 5. The molecule has 0 bridgehead atoms. The highest BCUT2D eigenvalue weighted by Gasteiger charge is 2.32.